The molecule has 0 spiro atoms. The van der Waals surface area contributed by atoms with Gasteiger partial charge in [0.05, 0.1) is 6.67 Å². The summed E-state index contributed by atoms with van der Waals surface area (Å²) in [6, 6.07) is 9.20. The third-order valence-electron chi connectivity index (χ3n) is 5.60. The van der Waals surface area contributed by atoms with Crippen molar-refractivity contribution in [1.82, 2.24) is 0 Å². The molecule has 0 aromatic heterocycles. The van der Waals surface area contributed by atoms with Crippen molar-refractivity contribution >= 4 is 22.7 Å². The van der Waals surface area contributed by atoms with Gasteiger partial charge >= 0.3 is 0 Å². The molecule has 1 aliphatic rings. The van der Waals surface area contributed by atoms with Gasteiger partial charge in [-0.3, -0.25) is 0 Å². The first kappa shape index (κ1) is 19.4. The summed E-state index contributed by atoms with van der Waals surface area (Å²) in [5.41, 5.74) is 10.8. The number of nitrogens with zero attached hydrogens (tertiary/aromatic N) is 4. The van der Waals surface area contributed by atoms with Crippen molar-refractivity contribution < 1.29 is 0 Å². The molecule has 4 heteroatoms. The Labute approximate surface area is 165 Å². The van der Waals surface area contributed by atoms with Crippen LogP contribution in [0.25, 0.3) is 0 Å². The Hall–Kier alpha value is -2.36. The minimum Gasteiger partial charge on any atom is -0.378 e. The third-order valence-corrected chi connectivity index (χ3v) is 5.60. The van der Waals surface area contributed by atoms with E-state index in [1.165, 1.54) is 45.0 Å². The fraction of sp³-hybridized carbons (Fsp3) is 0.478. The van der Waals surface area contributed by atoms with Gasteiger partial charge < -0.3 is 19.6 Å². The lowest BCUT2D eigenvalue weighted by Crippen LogP contribution is -2.27. The van der Waals surface area contributed by atoms with Gasteiger partial charge in [0.2, 0.25) is 0 Å². The normalized spacial score (nSPS) is 14.1. The molecule has 0 unspecified atom stereocenters. The lowest BCUT2D eigenvalue weighted by atomic mass is 10.1. The van der Waals surface area contributed by atoms with E-state index >= 15 is 0 Å². The Morgan fingerprint density at radius 1 is 0.593 bits per heavy atom. The van der Waals surface area contributed by atoms with Crippen LogP contribution >= 0.6 is 0 Å². The number of hydrogen-bond acceptors (Lipinski definition) is 4. The molecule has 0 N–H and O–H groups in total. The molecule has 27 heavy (non-hydrogen) atoms. The van der Waals surface area contributed by atoms with Crippen LogP contribution in [0.4, 0.5) is 22.7 Å². The second-order valence-corrected chi connectivity index (χ2v) is 8.31. The van der Waals surface area contributed by atoms with E-state index in [-0.39, 0.29) is 0 Å². The average molecular weight is 367 g/mol. The van der Waals surface area contributed by atoms with Gasteiger partial charge in [-0.2, -0.15) is 0 Å². The Kier molecular flexibility index (Phi) is 5.27. The topological polar surface area (TPSA) is 13.0 Å². The van der Waals surface area contributed by atoms with Crippen molar-refractivity contribution in [1.29, 1.82) is 0 Å². The van der Waals surface area contributed by atoms with Crippen LogP contribution in [0.5, 0.6) is 0 Å². The lowest BCUT2D eigenvalue weighted by molar-refractivity contribution is 0.930. The van der Waals surface area contributed by atoms with E-state index in [0.29, 0.717) is 0 Å². The Morgan fingerprint density at radius 2 is 0.889 bits per heavy atom. The van der Waals surface area contributed by atoms with Gasteiger partial charge in [-0.25, -0.2) is 0 Å². The average Bonchev–Trinajstić information content (AvgIpc) is 3.02. The molecule has 1 saturated heterocycles. The second-order valence-electron chi connectivity index (χ2n) is 8.31. The largest absolute Gasteiger partial charge is 0.378 e. The molecular formula is C23H34N4. The first-order valence-corrected chi connectivity index (χ1v) is 9.76. The maximum absolute atomic E-state index is 2.53. The summed E-state index contributed by atoms with van der Waals surface area (Å²) in [5.74, 6) is 0. The van der Waals surface area contributed by atoms with Crippen molar-refractivity contribution in [3.8, 4) is 0 Å². The van der Waals surface area contributed by atoms with E-state index in [0.717, 1.165) is 19.8 Å². The Bertz CT molecular complexity index is 723. The maximum Gasteiger partial charge on any atom is 0.0904 e. The summed E-state index contributed by atoms with van der Waals surface area (Å²) in [6.07, 6.45) is 0. The SMILES string of the molecule is Cc1cc(N(C)C)cc(C)c1N1CCN(c2c(C)cc(N(C)C)cc2C)C1. The first-order valence-electron chi connectivity index (χ1n) is 9.76. The molecule has 2 aromatic rings. The number of anilines is 4. The van der Waals surface area contributed by atoms with Crippen molar-refractivity contribution in [3.63, 3.8) is 0 Å². The predicted octanol–water partition coefficient (Wildman–Crippen LogP) is 4.34. The van der Waals surface area contributed by atoms with Crippen molar-refractivity contribution in [2.75, 3.05) is 67.5 Å². The smallest absolute Gasteiger partial charge is 0.0904 e. The van der Waals surface area contributed by atoms with Crippen molar-refractivity contribution in [3.05, 3.63) is 46.5 Å². The number of hydrogen-bond donors (Lipinski definition) is 0. The lowest BCUT2D eigenvalue weighted by Gasteiger charge is -2.28. The molecule has 0 bridgehead atoms. The van der Waals surface area contributed by atoms with E-state index in [2.05, 4.69) is 99.8 Å². The standard InChI is InChI=1S/C23H34N4/c1-16-11-20(24(5)6)12-17(2)22(16)26-9-10-27(15-26)23-18(3)13-21(25(7)8)14-19(23)4/h11-14H,9-10,15H2,1-8H3. The number of aryl methyl sites for hydroxylation is 4. The summed E-state index contributed by atoms with van der Waals surface area (Å²) in [7, 11) is 8.42. The van der Waals surface area contributed by atoms with E-state index < -0.39 is 0 Å². The van der Waals surface area contributed by atoms with Crippen LogP contribution in [-0.4, -0.2) is 47.9 Å². The molecule has 0 aliphatic carbocycles. The van der Waals surface area contributed by atoms with E-state index in [1.807, 2.05) is 0 Å². The van der Waals surface area contributed by atoms with Crippen molar-refractivity contribution in [2.24, 2.45) is 0 Å². The van der Waals surface area contributed by atoms with Gasteiger partial charge in [0.1, 0.15) is 0 Å². The quantitative estimate of drug-likeness (QED) is 0.798. The molecule has 0 saturated carbocycles. The molecule has 4 nitrogen and oxygen atoms in total. The van der Waals surface area contributed by atoms with Gasteiger partial charge in [-0.15, -0.1) is 0 Å². The molecule has 0 amide bonds. The van der Waals surface area contributed by atoms with E-state index in [1.54, 1.807) is 0 Å². The van der Waals surface area contributed by atoms with Gasteiger partial charge in [0.25, 0.3) is 0 Å². The summed E-state index contributed by atoms with van der Waals surface area (Å²) in [5, 5.41) is 0. The highest BCUT2D eigenvalue weighted by Crippen LogP contribution is 2.35. The fourth-order valence-corrected chi connectivity index (χ4v) is 4.33. The van der Waals surface area contributed by atoms with E-state index in [4.69, 9.17) is 0 Å². The molecule has 1 heterocycles. The highest BCUT2D eigenvalue weighted by atomic mass is 15.4. The van der Waals surface area contributed by atoms with Gasteiger partial charge in [0, 0.05) is 64.0 Å². The molecular weight excluding hydrogens is 332 g/mol. The Balaban J connectivity index is 1.88. The summed E-state index contributed by atoms with van der Waals surface area (Å²) < 4.78 is 0. The van der Waals surface area contributed by atoms with E-state index in [9.17, 15) is 0 Å². The minimum absolute atomic E-state index is 0.950. The molecule has 2 aromatic carbocycles. The summed E-state index contributed by atoms with van der Waals surface area (Å²) in [6.45, 7) is 12.0. The number of rotatable bonds is 4. The molecule has 1 aliphatic heterocycles. The first-order chi connectivity index (χ1) is 12.7. The highest BCUT2D eigenvalue weighted by molar-refractivity contribution is 5.70. The summed E-state index contributed by atoms with van der Waals surface area (Å²) in [4.78, 5) is 9.42. The zero-order valence-electron chi connectivity index (χ0n) is 18.2. The summed E-state index contributed by atoms with van der Waals surface area (Å²) >= 11 is 0. The predicted molar refractivity (Wildman–Crippen MR) is 120 cm³/mol. The molecule has 146 valence electrons. The fourth-order valence-electron chi connectivity index (χ4n) is 4.33. The monoisotopic (exact) mass is 366 g/mol. The molecule has 0 atom stereocenters. The van der Waals surface area contributed by atoms with Gasteiger partial charge in [0.15, 0.2) is 0 Å². The number of benzene rings is 2. The zero-order valence-corrected chi connectivity index (χ0v) is 18.2. The van der Waals surface area contributed by atoms with Crippen LogP contribution in [0.2, 0.25) is 0 Å². The maximum atomic E-state index is 2.53. The van der Waals surface area contributed by atoms with Crippen LogP contribution in [0.3, 0.4) is 0 Å². The molecule has 3 rings (SSSR count). The van der Waals surface area contributed by atoms with Crippen LogP contribution in [0.1, 0.15) is 22.3 Å². The van der Waals surface area contributed by atoms with Crippen LogP contribution < -0.4 is 19.6 Å². The third kappa shape index (κ3) is 3.71. The second kappa shape index (κ2) is 7.34. The van der Waals surface area contributed by atoms with Crippen LogP contribution in [0.15, 0.2) is 24.3 Å². The van der Waals surface area contributed by atoms with Crippen LogP contribution in [0, 0.1) is 27.7 Å². The van der Waals surface area contributed by atoms with Gasteiger partial charge in [-0.1, -0.05) is 0 Å². The van der Waals surface area contributed by atoms with Crippen LogP contribution in [-0.2, 0) is 0 Å². The Morgan fingerprint density at radius 3 is 1.15 bits per heavy atom. The molecule has 1 fully saturated rings. The minimum atomic E-state index is 0.950. The zero-order chi connectivity index (χ0) is 19.9. The van der Waals surface area contributed by atoms with Gasteiger partial charge in [-0.05, 0) is 74.2 Å². The molecule has 0 radical (unpaired) electrons. The highest BCUT2D eigenvalue weighted by Gasteiger charge is 2.25. The van der Waals surface area contributed by atoms with Crippen molar-refractivity contribution in [2.45, 2.75) is 27.7 Å².